The first-order valence-electron chi connectivity index (χ1n) is 7.17. The highest BCUT2D eigenvalue weighted by atomic mass is 16.3. The number of anilines is 1. The van der Waals surface area contributed by atoms with Crippen LogP contribution < -0.4 is 11.1 Å². The molecule has 1 unspecified atom stereocenters. The van der Waals surface area contributed by atoms with Gasteiger partial charge in [0.05, 0.1) is 29.6 Å². The minimum absolute atomic E-state index is 0.141. The van der Waals surface area contributed by atoms with E-state index in [0.717, 1.165) is 0 Å². The lowest BCUT2D eigenvalue weighted by Gasteiger charge is -2.23. The molecule has 22 heavy (non-hydrogen) atoms. The zero-order chi connectivity index (χ0) is 15.6. The predicted octanol–water partition coefficient (Wildman–Crippen LogP) is -0.958. The molecule has 0 bridgehead atoms. The van der Waals surface area contributed by atoms with Crippen LogP contribution in [0.15, 0.2) is 18.6 Å². The molecular formula is C14H17N5O3. The molecule has 2 aromatic rings. The Morgan fingerprint density at radius 2 is 2.27 bits per heavy atom. The Kier molecular flexibility index (Phi) is 2.56. The van der Waals surface area contributed by atoms with Gasteiger partial charge in [0.15, 0.2) is 5.65 Å². The van der Waals surface area contributed by atoms with Crippen LogP contribution in [0.1, 0.15) is 12.5 Å². The molecule has 0 aromatic carbocycles. The van der Waals surface area contributed by atoms with E-state index in [1.807, 2.05) is 0 Å². The summed E-state index contributed by atoms with van der Waals surface area (Å²) in [7, 11) is 1.54. The van der Waals surface area contributed by atoms with Crippen molar-refractivity contribution < 1.29 is 15.0 Å². The summed E-state index contributed by atoms with van der Waals surface area (Å²) < 4.78 is 1.72. The molecule has 2 aromatic heterocycles. The van der Waals surface area contributed by atoms with Crippen molar-refractivity contribution in [2.75, 3.05) is 12.8 Å². The molecule has 0 aliphatic heterocycles. The highest BCUT2D eigenvalue weighted by molar-refractivity contribution is 5.88. The van der Waals surface area contributed by atoms with Crippen molar-refractivity contribution in [1.82, 2.24) is 19.9 Å². The average molecular weight is 303 g/mol. The summed E-state index contributed by atoms with van der Waals surface area (Å²) in [5.74, 6) is -0.374. The lowest BCUT2D eigenvalue weighted by molar-refractivity contribution is -0.132. The Hall–Kier alpha value is -2.19. The summed E-state index contributed by atoms with van der Waals surface area (Å²) in [6.45, 7) is 0. The van der Waals surface area contributed by atoms with Gasteiger partial charge in [-0.25, -0.2) is 9.97 Å². The molecule has 0 spiro atoms. The molecule has 1 amide bonds. The van der Waals surface area contributed by atoms with E-state index in [2.05, 4.69) is 15.3 Å². The van der Waals surface area contributed by atoms with Crippen molar-refractivity contribution in [3.05, 3.63) is 18.6 Å². The molecule has 8 heteroatoms. The molecule has 2 saturated carbocycles. The van der Waals surface area contributed by atoms with E-state index >= 15 is 0 Å². The second-order valence-corrected chi connectivity index (χ2v) is 6.08. The van der Waals surface area contributed by atoms with Crippen LogP contribution in [-0.4, -0.2) is 49.9 Å². The summed E-state index contributed by atoms with van der Waals surface area (Å²) in [6.07, 6.45) is 1.54. The molecular weight excluding hydrogens is 286 g/mol. The number of nitrogens with one attached hydrogen (secondary N) is 1. The maximum absolute atomic E-state index is 12.1. The van der Waals surface area contributed by atoms with Crippen molar-refractivity contribution >= 4 is 22.8 Å². The maximum Gasteiger partial charge on any atom is 0.229 e. The van der Waals surface area contributed by atoms with E-state index in [4.69, 9.17) is 5.73 Å². The topological polar surface area (TPSA) is 126 Å². The number of imidazole rings is 1. The molecule has 2 fully saturated rings. The van der Waals surface area contributed by atoms with Gasteiger partial charge in [-0.2, -0.15) is 0 Å². The molecule has 5 N–H and O–H groups in total. The second kappa shape index (κ2) is 4.17. The van der Waals surface area contributed by atoms with Crippen molar-refractivity contribution in [2.24, 2.45) is 11.3 Å². The largest absolute Gasteiger partial charge is 0.397 e. The average Bonchev–Trinajstić information content (AvgIpc) is 3.04. The number of pyridine rings is 1. The fourth-order valence-electron chi connectivity index (χ4n) is 3.96. The number of hydrogen-bond acceptors (Lipinski definition) is 6. The molecule has 0 radical (unpaired) electrons. The number of aliphatic hydroxyl groups excluding tert-OH is 2. The minimum Gasteiger partial charge on any atom is -0.397 e. The van der Waals surface area contributed by atoms with Gasteiger partial charge < -0.3 is 25.8 Å². The van der Waals surface area contributed by atoms with Crippen LogP contribution in [0.2, 0.25) is 0 Å². The van der Waals surface area contributed by atoms with Gasteiger partial charge in [0.25, 0.3) is 0 Å². The van der Waals surface area contributed by atoms with E-state index in [1.54, 1.807) is 23.2 Å². The van der Waals surface area contributed by atoms with Gasteiger partial charge in [0.1, 0.15) is 11.6 Å². The summed E-state index contributed by atoms with van der Waals surface area (Å²) >= 11 is 0. The number of aromatic nitrogens is 3. The standard InChI is InChI=1S/C14H17N5O3/c1-16-13(22)14-4-6(14)9(10(20)11(14)21)19-5-18-8-7(15)2-3-17-12(8)19/h2-3,5-6,9-11,20-21H,4H2,1H3,(H2,15,17)(H,16,22)/t6-,9-,10-,11?,14-/m1/s1. The first-order chi connectivity index (χ1) is 10.5. The first-order valence-corrected chi connectivity index (χ1v) is 7.17. The number of carbonyl (C=O) groups is 1. The Morgan fingerprint density at radius 1 is 1.50 bits per heavy atom. The number of fused-ring (bicyclic) bond motifs is 2. The highest BCUT2D eigenvalue weighted by Gasteiger charge is 2.75. The fourth-order valence-corrected chi connectivity index (χ4v) is 3.96. The first kappa shape index (κ1) is 13.5. The Labute approximate surface area is 126 Å². The lowest BCUT2D eigenvalue weighted by atomic mass is 9.98. The van der Waals surface area contributed by atoms with Crippen LogP contribution in [0.4, 0.5) is 5.69 Å². The van der Waals surface area contributed by atoms with E-state index < -0.39 is 23.7 Å². The zero-order valence-corrected chi connectivity index (χ0v) is 12.0. The normalized spacial score (nSPS) is 36.3. The quantitative estimate of drug-likeness (QED) is 0.566. The van der Waals surface area contributed by atoms with E-state index in [0.29, 0.717) is 23.3 Å². The highest BCUT2D eigenvalue weighted by Crippen LogP contribution is 2.67. The molecule has 5 atom stereocenters. The van der Waals surface area contributed by atoms with Crippen LogP contribution >= 0.6 is 0 Å². The number of nitrogens with two attached hydrogens (primary N) is 1. The lowest BCUT2D eigenvalue weighted by Crippen LogP contribution is -2.41. The summed E-state index contributed by atoms with van der Waals surface area (Å²) in [6, 6.07) is 1.22. The van der Waals surface area contributed by atoms with Crippen LogP contribution in [-0.2, 0) is 4.79 Å². The van der Waals surface area contributed by atoms with Crippen molar-refractivity contribution in [3.8, 4) is 0 Å². The van der Waals surface area contributed by atoms with Gasteiger partial charge in [0.2, 0.25) is 5.91 Å². The molecule has 4 rings (SSSR count). The van der Waals surface area contributed by atoms with E-state index in [9.17, 15) is 15.0 Å². The van der Waals surface area contributed by atoms with Gasteiger partial charge in [-0.3, -0.25) is 4.79 Å². The van der Waals surface area contributed by atoms with Crippen molar-refractivity contribution in [3.63, 3.8) is 0 Å². The minimum atomic E-state index is -1.10. The molecule has 2 heterocycles. The summed E-state index contributed by atoms with van der Waals surface area (Å²) in [4.78, 5) is 20.6. The van der Waals surface area contributed by atoms with E-state index in [1.165, 1.54) is 7.05 Å². The van der Waals surface area contributed by atoms with Crippen molar-refractivity contribution in [1.29, 1.82) is 0 Å². The third kappa shape index (κ3) is 1.41. The molecule has 8 nitrogen and oxygen atoms in total. The van der Waals surface area contributed by atoms with Crippen LogP contribution in [0.3, 0.4) is 0 Å². The van der Waals surface area contributed by atoms with Crippen LogP contribution in [0.25, 0.3) is 11.2 Å². The van der Waals surface area contributed by atoms with Gasteiger partial charge in [-0.15, -0.1) is 0 Å². The fraction of sp³-hybridized carbons (Fsp3) is 0.500. The van der Waals surface area contributed by atoms with Crippen molar-refractivity contribution in [2.45, 2.75) is 24.7 Å². The third-order valence-electron chi connectivity index (χ3n) is 5.14. The smallest absolute Gasteiger partial charge is 0.229 e. The number of aliphatic hydroxyl groups is 2. The summed E-state index contributed by atoms with van der Waals surface area (Å²) in [5, 5.41) is 23.4. The molecule has 2 aliphatic carbocycles. The summed E-state index contributed by atoms with van der Waals surface area (Å²) in [5.41, 5.74) is 6.59. The zero-order valence-electron chi connectivity index (χ0n) is 12.0. The molecule has 0 saturated heterocycles. The van der Waals surface area contributed by atoms with E-state index in [-0.39, 0.29) is 11.8 Å². The predicted molar refractivity (Wildman–Crippen MR) is 77.6 cm³/mol. The Bertz CT molecular complexity index is 775. The maximum atomic E-state index is 12.1. The van der Waals surface area contributed by atoms with Gasteiger partial charge in [0, 0.05) is 19.2 Å². The van der Waals surface area contributed by atoms with Gasteiger partial charge in [-0.1, -0.05) is 0 Å². The van der Waals surface area contributed by atoms with Crippen LogP contribution in [0.5, 0.6) is 0 Å². The Morgan fingerprint density at radius 3 is 3.00 bits per heavy atom. The number of carbonyl (C=O) groups excluding carboxylic acids is 1. The number of amides is 1. The number of rotatable bonds is 2. The number of hydrogen-bond donors (Lipinski definition) is 4. The number of nitrogens with zero attached hydrogens (tertiary/aromatic N) is 3. The molecule has 116 valence electrons. The Balaban J connectivity index is 1.80. The van der Waals surface area contributed by atoms with Crippen LogP contribution in [0, 0.1) is 11.3 Å². The van der Waals surface area contributed by atoms with Gasteiger partial charge >= 0.3 is 0 Å². The second-order valence-electron chi connectivity index (χ2n) is 6.08. The SMILES string of the molecule is CNC(=O)[C@]12C[C@@H]1[C@@H](n1cnc3c(N)ccnc31)[C@@H](O)C2O. The number of nitrogen functional groups attached to an aromatic ring is 1. The molecule has 2 aliphatic rings. The third-order valence-corrected chi connectivity index (χ3v) is 5.14. The monoisotopic (exact) mass is 303 g/mol. The van der Waals surface area contributed by atoms with Gasteiger partial charge in [-0.05, 0) is 12.5 Å².